The van der Waals surface area contributed by atoms with Gasteiger partial charge in [0, 0.05) is 9.77 Å². The van der Waals surface area contributed by atoms with Gasteiger partial charge in [-0.25, -0.2) is 13.4 Å². The van der Waals surface area contributed by atoms with Gasteiger partial charge in [0.15, 0.2) is 0 Å². The molecule has 0 spiro atoms. The Morgan fingerprint density at radius 3 is 2.33 bits per heavy atom. The molecule has 0 radical (unpaired) electrons. The summed E-state index contributed by atoms with van der Waals surface area (Å²) in [5.41, 5.74) is -1.22. The van der Waals surface area contributed by atoms with Crippen molar-refractivity contribution in [2.75, 3.05) is 4.72 Å². The minimum atomic E-state index is -4.76. The Bertz CT molecular complexity index is 746. The molecule has 112 valence electrons. The zero-order valence-corrected chi connectivity index (χ0v) is 13.2. The molecule has 1 heterocycles. The van der Waals surface area contributed by atoms with Crippen molar-refractivity contribution in [1.82, 2.24) is 4.98 Å². The molecule has 1 aromatic carbocycles. The summed E-state index contributed by atoms with van der Waals surface area (Å²) in [5, 5.41) is 0. The Balaban J connectivity index is 2.43. The summed E-state index contributed by atoms with van der Waals surface area (Å²) in [6, 6.07) is 6.93. The van der Waals surface area contributed by atoms with Gasteiger partial charge in [0.05, 0.1) is 10.5 Å². The van der Waals surface area contributed by atoms with Gasteiger partial charge in [0.2, 0.25) is 0 Å². The van der Waals surface area contributed by atoms with Gasteiger partial charge in [-0.3, -0.25) is 4.72 Å². The maximum Gasteiger partial charge on any atom is 0.417 e. The first kappa shape index (κ1) is 16.0. The maximum absolute atomic E-state index is 12.9. The van der Waals surface area contributed by atoms with Gasteiger partial charge in [-0.2, -0.15) is 13.2 Å². The fourth-order valence-corrected chi connectivity index (χ4v) is 3.12. The number of nitrogens with zero attached hydrogens (tertiary/aromatic N) is 1. The maximum atomic E-state index is 12.9. The molecular weight excluding hydrogens is 420 g/mol. The highest BCUT2D eigenvalue weighted by atomic mass is 127. The van der Waals surface area contributed by atoms with Crippen LogP contribution >= 0.6 is 22.6 Å². The van der Waals surface area contributed by atoms with E-state index in [0.717, 1.165) is 21.8 Å². The first-order valence-electron chi connectivity index (χ1n) is 5.51. The number of alkyl halides is 3. The van der Waals surface area contributed by atoms with Crippen LogP contribution in [0.4, 0.5) is 19.0 Å². The van der Waals surface area contributed by atoms with E-state index in [0.29, 0.717) is 0 Å². The van der Waals surface area contributed by atoms with Crippen molar-refractivity contribution in [1.29, 1.82) is 0 Å². The van der Waals surface area contributed by atoms with Crippen molar-refractivity contribution >= 4 is 38.4 Å². The molecule has 0 aliphatic heterocycles. The number of sulfonamides is 1. The van der Waals surface area contributed by atoms with Crippen LogP contribution in [0.25, 0.3) is 0 Å². The Morgan fingerprint density at radius 2 is 1.76 bits per heavy atom. The molecule has 0 aliphatic rings. The third-order valence-corrected chi connectivity index (χ3v) is 4.50. The van der Waals surface area contributed by atoms with Gasteiger partial charge >= 0.3 is 6.18 Å². The van der Waals surface area contributed by atoms with Crippen molar-refractivity contribution in [3.63, 3.8) is 0 Å². The van der Waals surface area contributed by atoms with Gasteiger partial charge < -0.3 is 0 Å². The fourth-order valence-electron chi connectivity index (χ4n) is 1.56. The van der Waals surface area contributed by atoms with Crippen molar-refractivity contribution in [2.24, 2.45) is 0 Å². The molecule has 21 heavy (non-hydrogen) atoms. The molecule has 0 unspecified atom stereocenters. The Labute approximate surface area is 132 Å². The lowest BCUT2D eigenvalue weighted by molar-refractivity contribution is -0.139. The molecule has 1 aromatic heterocycles. The van der Waals surface area contributed by atoms with Crippen molar-refractivity contribution in [2.45, 2.75) is 11.1 Å². The second-order valence-electron chi connectivity index (χ2n) is 3.96. The highest BCUT2D eigenvalue weighted by molar-refractivity contribution is 14.1. The van der Waals surface area contributed by atoms with Crippen LogP contribution in [0.5, 0.6) is 0 Å². The molecule has 0 fully saturated rings. The lowest BCUT2D eigenvalue weighted by Gasteiger charge is -2.13. The van der Waals surface area contributed by atoms with Crippen LogP contribution in [0.3, 0.4) is 0 Å². The summed E-state index contributed by atoms with van der Waals surface area (Å²) in [6.07, 6.45) is -3.36. The lowest BCUT2D eigenvalue weighted by Crippen LogP contribution is -2.19. The molecule has 0 amide bonds. The molecular formula is C12H8F3IN2O2S. The van der Waals surface area contributed by atoms with E-state index in [4.69, 9.17) is 0 Å². The molecule has 1 N–H and O–H groups in total. The summed E-state index contributed by atoms with van der Waals surface area (Å²) in [5.74, 6) is -0.0487. The smallest absolute Gasteiger partial charge is 0.263 e. The summed E-state index contributed by atoms with van der Waals surface area (Å²) in [7, 11) is -4.37. The van der Waals surface area contributed by atoms with Gasteiger partial charge in [-0.05, 0) is 46.9 Å². The lowest BCUT2D eigenvalue weighted by atomic mass is 10.2. The Morgan fingerprint density at radius 1 is 1.10 bits per heavy atom. The van der Waals surface area contributed by atoms with Crippen molar-refractivity contribution in [3.8, 4) is 0 Å². The van der Waals surface area contributed by atoms with Crippen LogP contribution in [0, 0.1) is 3.57 Å². The number of rotatable bonds is 3. The van der Waals surface area contributed by atoms with Gasteiger partial charge in [-0.1, -0.05) is 12.1 Å². The monoisotopic (exact) mass is 428 g/mol. The molecule has 4 nitrogen and oxygen atoms in total. The van der Waals surface area contributed by atoms with Crippen molar-refractivity contribution in [3.05, 3.63) is 51.7 Å². The molecule has 2 rings (SSSR count). The predicted molar refractivity (Wildman–Crippen MR) is 79.2 cm³/mol. The molecule has 0 aliphatic carbocycles. The van der Waals surface area contributed by atoms with Crippen LogP contribution < -0.4 is 4.72 Å². The largest absolute Gasteiger partial charge is 0.417 e. The van der Waals surface area contributed by atoms with E-state index >= 15 is 0 Å². The van der Waals surface area contributed by atoms with Gasteiger partial charge in [0.25, 0.3) is 10.0 Å². The topological polar surface area (TPSA) is 59.1 Å². The normalized spacial score (nSPS) is 12.2. The average Bonchev–Trinajstić information content (AvgIpc) is 2.40. The number of hydrogen-bond donors (Lipinski definition) is 1. The van der Waals surface area contributed by atoms with Gasteiger partial charge in [-0.15, -0.1) is 0 Å². The van der Waals surface area contributed by atoms with E-state index in [1.165, 1.54) is 18.3 Å². The number of anilines is 1. The minimum absolute atomic E-state index is 0.0487. The van der Waals surface area contributed by atoms with E-state index in [2.05, 4.69) is 4.98 Å². The molecule has 0 atom stereocenters. The predicted octanol–water partition coefficient (Wildman–Crippen LogP) is 3.51. The van der Waals surface area contributed by atoms with Crippen LogP contribution in [-0.2, 0) is 16.2 Å². The minimum Gasteiger partial charge on any atom is -0.263 e. The Kier molecular flexibility index (Phi) is 4.42. The number of halogens is 4. The second-order valence-corrected chi connectivity index (χ2v) is 6.86. The van der Waals surface area contributed by atoms with E-state index in [9.17, 15) is 21.6 Å². The highest BCUT2D eigenvalue weighted by Crippen LogP contribution is 2.34. The third kappa shape index (κ3) is 3.84. The molecule has 0 saturated carbocycles. The summed E-state index contributed by atoms with van der Waals surface area (Å²) in [6.45, 7) is 0. The third-order valence-electron chi connectivity index (χ3n) is 2.45. The molecule has 0 bridgehead atoms. The quantitative estimate of drug-likeness (QED) is 0.762. The molecule has 9 heteroatoms. The zero-order valence-electron chi connectivity index (χ0n) is 10.2. The van der Waals surface area contributed by atoms with E-state index in [1.54, 1.807) is 6.07 Å². The van der Waals surface area contributed by atoms with E-state index in [1.807, 2.05) is 27.3 Å². The standard InChI is InChI=1S/C12H8F3IN2O2S/c13-12(14,15)9-3-1-2-4-10(9)21(19,20)18-11-6-5-8(16)7-17-11/h1-7H,(H,17,18). The summed E-state index contributed by atoms with van der Waals surface area (Å²) in [4.78, 5) is 2.97. The first-order valence-corrected chi connectivity index (χ1v) is 8.07. The Hall–Kier alpha value is -1.36. The number of nitrogens with one attached hydrogen (secondary N) is 1. The molecule has 2 aromatic rings. The van der Waals surface area contributed by atoms with Crippen molar-refractivity contribution < 1.29 is 21.6 Å². The van der Waals surface area contributed by atoms with E-state index < -0.39 is 26.7 Å². The van der Waals surface area contributed by atoms with Crippen LogP contribution in [0.1, 0.15) is 5.56 Å². The summed E-state index contributed by atoms with van der Waals surface area (Å²) >= 11 is 1.97. The average molecular weight is 428 g/mol. The highest BCUT2D eigenvalue weighted by Gasteiger charge is 2.36. The molecule has 0 saturated heterocycles. The summed E-state index contributed by atoms with van der Waals surface area (Å²) < 4.78 is 65.6. The van der Waals surface area contributed by atoms with Crippen LogP contribution in [-0.4, -0.2) is 13.4 Å². The number of hydrogen-bond acceptors (Lipinski definition) is 3. The van der Waals surface area contributed by atoms with Crippen LogP contribution in [0.15, 0.2) is 47.5 Å². The number of pyridine rings is 1. The second kappa shape index (κ2) is 5.79. The van der Waals surface area contributed by atoms with Gasteiger partial charge in [0.1, 0.15) is 5.82 Å². The fraction of sp³-hybridized carbons (Fsp3) is 0.0833. The number of aromatic nitrogens is 1. The number of benzene rings is 1. The zero-order chi connectivity index (χ0) is 15.7. The van der Waals surface area contributed by atoms with E-state index in [-0.39, 0.29) is 5.82 Å². The first-order chi connectivity index (χ1) is 9.70. The SMILES string of the molecule is O=S(=O)(Nc1ccc(I)cn1)c1ccccc1C(F)(F)F. The van der Waals surface area contributed by atoms with Crippen LogP contribution in [0.2, 0.25) is 0 Å².